The number of para-hydroxylation sites is 1. The lowest BCUT2D eigenvalue weighted by atomic mass is 10.2. The second-order valence-electron chi connectivity index (χ2n) is 5.13. The fourth-order valence-corrected chi connectivity index (χ4v) is 2.34. The molecular weight excluding hydrogens is 271 g/mol. The Kier molecular flexibility index (Phi) is 4.43. The molecule has 0 saturated carbocycles. The number of carbonyl (C=O) groups excluding carboxylic acids is 1. The second kappa shape index (κ2) is 6.10. The molecule has 1 aromatic carbocycles. The molecule has 0 aliphatic carbocycles. The van der Waals surface area contributed by atoms with E-state index < -0.39 is 0 Å². The molecule has 0 fully saturated rings. The number of nitrogens with one attached hydrogen (secondary N) is 1. The monoisotopic (exact) mass is 290 g/mol. The predicted octanol–water partition coefficient (Wildman–Crippen LogP) is 2.34. The van der Waals surface area contributed by atoms with E-state index in [2.05, 4.69) is 5.32 Å². The maximum Gasteiger partial charge on any atom is 0.253 e. The summed E-state index contributed by atoms with van der Waals surface area (Å²) in [6.45, 7) is 5.19. The van der Waals surface area contributed by atoms with Gasteiger partial charge in [-0.05, 0) is 39.0 Å². The third kappa shape index (κ3) is 2.97. The van der Waals surface area contributed by atoms with Gasteiger partial charge in [-0.25, -0.2) is 4.39 Å². The zero-order valence-corrected chi connectivity index (χ0v) is 12.4. The van der Waals surface area contributed by atoms with Gasteiger partial charge >= 0.3 is 0 Å². The van der Waals surface area contributed by atoms with Gasteiger partial charge in [-0.15, -0.1) is 0 Å². The number of hydrogen-bond acceptors (Lipinski definition) is 2. The number of aryl methyl sites for hydroxylation is 1. The molecular formula is C16H19FN2O2. The van der Waals surface area contributed by atoms with Gasteiger partial charge in [-0.3, -0.25) is 4.79 Å². The number of rotatable bonds is 4. The van der Waals surface area contributed by atoms with Crippen molar-refractivity contribution >= 4 is 5.91 Å². The molecule has 1 aromatic heterocycles. The van der Waals surface area contributed by atoms with Gasteiger partial charge in [0.25, 0.3) is 5.91 Å². The van der Waals surface area contributed by atoms with Crippen LogP contribution in [0.15, 0.2) is 30.3 Å². The Morgan fingerprint density at radius 2 is 2.05 bits per heavy atom. The van der Waals surface area contributed by atoms with Crippen LogP contribution in [0.1, 0.15) is 28.7 Å². The summed E-state index contributed by atoms with van der Waals surface area (Å²) in [6, 6.07) is 7.85. The minimum Gasteiger partial charge on any atom is -0.394 e. The normalized spacial score (nSPS) is 12.2. The fourth-order valence-electron chi connectivity index (χ4n) is 2.34. The first-order valence-corrected chi connectivity index (χ1v) is 6.81. The van der Waals surface area contributed by atoms with Crippen molar-refractivity contribution in [3.8, 4) is 5.69 Å². The molecule has 1 amide bonds. The molecule has 0 aliphatic rings. The van der Waals surface area contributed by atoms with Crippen LogP contribution in [0.2, 0.25) is 0 Å². The standard InChI is InChI=1S/C16H19FN2O2/c1-10(9-20)18-16(21)13-8-11(2)19(12(13)3)15-7-5-4-6-14(15)17/h4-8,10,20H,9H2,1-3H3,(H,18,21)/t10-/m1/s1. The minimum absolute atomic E-state index is 0.127. The van der Waals surface area contributed by atoms with Crippen molar-refractivity contribution in [1.29, 1.82) is 0 Å². The first-order valence-electron chi connectivity index (χ1n) is 6.81. The van der Waals surface area contributed by atoms with Crippen molar-refractivity contribution in [2.75, 3.05) is 6.61 Å². The second-order valence-corrected chi connectivity index (χ2v) is 5.13. The number of amides is 1. The highest BCUT2D eigenvalue weighted by atomic mass is 19.1. The molecule has 21 heavy (non-hydrogen) atoms. The van der Waals surface area contributed by atoms with Crippen LogP contribution in [0, 0.1) is 19.7 Å². The van der Waals surface area contributed by atoms with Crippen LogP contribution in [0.4, 0.5) is 4.39 Å². The van der Waals surface area contributed by atoms with Crippen molar-refractivity contribution in [3.05, 3.63) is 53.1 Å². The fraction of sp³-hybridized carbons (Fsp3) is 0.312. The molecule has 4 nitrogen and oxygen atoms in total. The highest BCUT2D eigenvalue weighted by Gasteiger charge is 2.19. The number of aromatic nitrogens is 1. The molecule has 5 heteroatoms. The van der Waals surface area contributed by atoms with E-state index in [1.165, 1.54) is 6.07 Å². The minimum atomic E-state index is -0.338. The van der Waals surface area contributed by atoms with Gasteiger partial charge in [0.1, 0.15) is 5.82 Å². The van der Waals surface area contributed by atoms with Gasteiger partial charge in [0.15, 0.2) is 0 Å². The summed E-state index contributed by atoms with van der Waals surface area (Å²) in [7, 11) is 0. The smallest absolute Gasteiger partial charge is 0.253 e. The Morgan fingerprint density at radius 1 is 1.38 bits per heavy atom. The Labute approximate surface area is 123 Å². The number of halogens is 1. The number of benzene rings is 1. The first kappa shape index (κ1) is 15.3. The lowest BCUT2D eigenvalue weighted by molar-refractivity contribution is 0.0921. The molecule has 2 aromatic rings. The van der Waals surface area contributed by atoms with Gasteiger partial charge in [-0.2, -0.15) is 0 Å². The summed E-state index contributed by atoms with van der Waals surface area (Å²) in [6.07, 6.45) is 0. The van der Waals surface area contributed by atoms with Crippen LogP contribution in [-0.4, -0.2) is 28.2 Å². The van der Waals surface area contributed by atoms with Crippen molar-refractivity contribution in [3.63, 3.8) is 0 Å². The Bertz CT molecular complexity index is 664. The number of aliphatic hydroxyl groups excluding tert-OH is 1. The molecule has 0 unspecified atom stereocenters. The van der Waals surface area contributed by atoms with E-state index in [0.29, 0.717) is 16.9 Å². The van der Waals surface area contributed by atoms with Crippen LogP contribution in [0.3, 0.4) is 0 Å². The average molecular weight is 290 g/mol. The third-order valence-electron chi connectivity index (χ3n) is 3.42. The molecule has 1 atom stereocenters. The maximum atomic E-state index is 14.0. The molecule has 2 N–H and O–H groups in total. The highest BCUT2D eigenvalue weighted by molar-refractivity contribution is 5.96. The van der Waals surface area contributed by atoms with Crippen molar-refractivity contribution in [2.45, 2.75) is 26.8 Å². The number of aliphatic hydroxyl groups is 1. The van der Waals surface area contributed by atoms with E-state index in [9.17, 15) is 9.18 Å². The zero-order chi connectivity index (χ0) is 15.6. The van der Waals surface area contributed by atoms with E-state index in [4.69, 9.17) is 5.11 Å². The van der Waals surface area contributed by atoms with Crippen LogP contribution < -0.4 is 5.32 Å². The van der Waals surface area contributed by atoms with Crippen LogP contribution in [0.25, 0.3) is 5.69 Å². The maximum absolute atomic E-state index is 14.0. The van der Waals surface area contributed by atoms with Crippen LogP contribution in [0.5, 0.6) is 0 Å². The predicted molar refractivity (Wildman–Crippen MR) is 79.2 cm³/mol. The summed E-state index contributed by atoms with van der Waals surface area (Å²) in [4.78, 5) is 12.2. The van der Waals surface area contributed by atoms with Gasteiger partial charge in [0.05, 0.1) is 17.9 Å². The molecule has 0 bridgehead atoms. The molecule has 0 aliphatic heterocycles. The van der Waals surface area contributed by atoms with Gasteiger partial charge < -0.3 is 15.0 Å². The van der Waals surface area contributed by atoms with E-state index in [1.807, 2.05) is 6.92 Å². The summed E-state index contributed by atoms with van der Waals surface area (Å²) in [5.41, 5.74) is 2.34. The van der Waals surface area contributed by atoms with Crippen molar-refractivity contribution in [2.24, 2.45) is 0 Å². The summed E-state index contributed by atoms with van der Waals surface area (Å²) in [5.74, 6) is -0.609. The van der Waals surface area contributed by atoms with E-state index in [0.717, 1.165) is 5.69 Å². The molecule has 112 valence electrons. The van der Waals surface area contributed by atoms with Crippen molar-refractivity contribution < 1.29 is 14.3 Å². The number of carbonyl (C=O) groups is 1. The Morgan fingerprint density at radius 3 is 2.67 bits per heavy atom. The summed E-state index contributed by atoms with van der Waals surface area (Å²) >= 11 is 0. The number of nitrogens with zero attached hydrogens (tertiary/aromatic N) is 1. The SMILES string of the molecule is Cc1cc(C(=O)N[C@H](C)CO)c(C)n1-c1ccccc1F. The largest absolute Gasteiger partial charge is 0.394 e. The van der Waals surface area contributed by atoms with Gasteiger partial charge in [0, 0.05) is 17.4 Å². The van der Waals surface area contributed by atoms with Crippen LogP contribution >= 0.6 is 0 Å². The van der Waals surface area contributed by atoms with E-state index in [1.54, 1.807) is 42.7 Å². The van der Waals surface area contributed by atoms with E-state index >= 15 is 0 Å². The summed E-state index contributed by atoms with van der Waals surface area (Å²) < 4.78 is 15.7. The molecule has 0 radical (unpaired) electrons. The topological polar surface area (TPSA) is 54.3 Å². The quantitative estimate of drug-likeness (QED) is 0.908. The van der Waals surface area contributed by atoms with Gasteiger partial charge in [-0.1, -0.05) is 12.1 Å². The average Bonchev–Trinajstić information content (AvgIpc) is 2.75. The van der Waals surface area contributed by atoms with Crippen molar-refractivity contribution in [1.82, 2.24) is 9.88 Å². The molecule has 0 saturated heterocycles. The van der Waals surface area contributed by atoms with Crippen LogP contribution in [-0.2, 0) is 0 Å². The molecule has 1 heterocycles. The first-order chi connectivity index (χ1) is 9.95. The Balaban J connectivity index is 2.43. The third-order valence-corrected chi connectivity index (χ3v) is 3.42. The molecule has 0 spiro atoms. The molecule has 2 rings (SSSR count). The lowest BCUT2D eigenvalue weighted by Crippen LogP contribution is -2.35. The zero-order valence-electron chi connectivity index (χ0n) is 12.4. The van der Waals surface area contributed by atoms with E-state index in [-0.39, 0.29) is 24.4 Å². The Hall–Kier alpha value is -2.14. The summed E-state index contributed by atoms with van der Waals surface area (Å²) in [5, 5.41) is 11.7. The van der Waals surface area contributed by atoms with Gasteiger partial charge in [0.2, 0.25) is 0 Å². The highest BCUT2D eigenvalue weighted by Crippen LogP contribution is 2.22. The number of hydrogen-bond donors (Lipinski definition) is 2. The lowest BCUT2D eigenvalue weighted by Gasteiger charge is -2.12.